The molecular formula is C28H35NO10. The number of ketones is 2. The average Bonchev–Trinajstić information content (AvgIpc) is 2.91. The first kappa shape index (κ1) is 29.9. The van der Waals surface area contributed by atoms with Crippen molar-refractivity contribution in [3.8, 4) is 34.1 Å². The molecule has 0 aromatic heterocycles. The number of methoxy groups -OCH3 is 3. The smallest absolute Gasteiger partial charge is 0.224 e. The van der Waals surface area contributed by atoms with Crippen molar-refractivity contribution in [3.05, 3.63) is 35.4 Å². The van der Waals surface area contributed by atoms with Crippen LogP contribution < -0.4 is 19.9 Å². The van der Waals surface area contributed by atoms with Crippen LogP contribution in [0.5, 0.6) is 23.0 Å². The Morgan fingerprint density at radius 2 is 1.72 bits per heavy atom. The van der Waals surface area contributed by atoms with E-state index in [1.165, 1.54) is 27.4 Å². The van der Waals surface area contributed by atoms with Crippen LogP contribution in [0.4, 0.5) is 0 Å². The number of phenolic OH excluding ortho intramolecular Hbond substituents is 1. The van der Waals surface area contributed by atoms with Crippen molar-refractivity contribution in [3.63, 3.8) is 0 Å². The van der Waals surface area contributed by atoms with Crippen LogP contribution in [0.2, 0.25) is 0 Å². The number of carbonyl (C=O) groups is 3. The normalized spacial score (nSPS) is 17.1. The summed E-state index contributed by atoms with van der Waals surface area (Å²) in [4.78, 5) is 37.2. The van der Waals surface area contributed by atoms with Gasteiger partial charge in [0.2, 0.25) is 11.7 Å². The van der Waals surface area contributed by atoms with Crippen LogP contribution in [0.3, 0.4) is 0 Å². The van der Waals surface area contributed by atoms with E-state index in [4.69, 9.17) is 19.9 Å². The summed E-state index contributed by atoms with van der Waals surface area (Å²) in [6.45, 7) is -1.37. The van der Waals surface area contributed by atoms with Crippen molar-refractivity contribution in [2.24, 2.45) is 17.6 Å². The second kappa shape index (κ2) is 12.5. The van der Waals surface area contributed by atoms with E-state index in [1.807, 2.05) is 0 Å². The number of fused-ring (bicyclic) bond motifs is 1. The van der Waals surface area contributed by atoms with Crippen molar-refractivity contribution >= 4 is 17.5 Å². The number of aliphatic hydroxyl groups excluding tert-OH is 2. The van der Waals surface area contributed by atoms with E-state index < -0.39 is 48.8 Å². The molecule has 0 spiro atoms. The average molecular weight is 546 g/mol. The highest BCUT2D eigenvalue weighted by molar-refractivity contribution is 6.03. The fourth-order valence-corrected chi connectivity index (χ4v) is 5.42. The first-order valence-corrected chi connectivity index (χ1v) is 12.5. The first-order chi connectivity index (χ1) is 18.5. The highest BCUT2D eigenvalue weighted by Gasteiger charge is 2.45. The van der Waals surface area contributed by atoms with Crippen LogP contribution in [0.1, 0.15) is 41.6 Å². The number of hydrogen-bond acceptors (Lipinski definition) is 10. The molecule has 1 amide bonds. The Labute approximate surface area is 226 Å². The highest BCUT2D eigenvalue weighted by atomic mass is 16.5. The zero-order valence-corrected chi connectivity index (χ0v) is 22.2. The van der Waals surface area contributed by atoms with Crippen LogP contribution in [0, 0.1) is 11.8 Å². The summed E-state index contributed by atoms with van der Waals surface area (Å²) in [6, 6.07) is 6.57. The van der Waals surface area contributed by atoms with Gasteiger partial charge in [0.25, 0.3) is 0 Å². The van der Waals surface area contributed by atoms with Gasteiger partial charge in [-0.05, 0) is 66.0 Å². The molecule has 6 N–H and O–H groups in total. The maximum absolute atomic E-state index is 13.3. The minimum absolute atomic E-state index is 0.00666. The van der Waals surface area contributed by atoms with Crippen molar-refractivity contribution in [2.75, 3.05) is 34.5 Å². The first-order valence-electron chi connectivity index (χ1n) is 12.5. The fraction of sp³-hybridized carbons (Fsp3) is 0.464. The molecule has 0 bridgehead atoms. The topological polar surface area (TPSA) is 186 Å². The molecule has 0 unspecified atom stereocenters. The second-order valence-electron chi connectivity index (χ2n) is 9.69. The number of nitrogens with two attached hydrogens (primary N) is 1. The van der Waals surface area contributed by atoms with Crippen LogP contribution >= 0.6 is 0 Å². The SMILES string of the molecule is COc1cc(-c2ccc(O)c3c2C[C@@H](C[C@@H](CCO)[C@](O)(CO)C(=O)CC(N)=O)CC3=O)cc(OC)c1OC. The molecule has 11 heteroatoms. The number of Topliss-reactive ketones (excluding diaryl/α,β-unsaturated/α-hetero) is 2. The Hall–Kier alpha value is -3.67. The van der Waals surface area contributed by atoms with E-state index in [1.54, 1.807) is 18.2 Å². The summed E-state index contributed by atoms with van der Waals surface area (Å²) in [5, 5.41) is 41.2. The molecule has 11 nitrogen and oxygen atoms in total. The molecule has 0 fully saturated rings. The maximum Gasteiger partial charge on any atom is 0.224 e. The van der Waals surface area contributed by atoms with Gasteiger partial charge in [0, 0.05) is 13.0 Å². The van der Waals surface area contributed by atoms with Crippen molar-refractivity contribution < 1.29 is 49.0 Å². The van der Waals surface area contributed by atoms with Gasteiger partial charge >= 0.3 is 0 Å². The second-order valence-corrected chi connectivity index (χ2v) is 9.69. The van der Waals surface area contributed by atoms with Gasteiger partial charge < -0.3 is 40.4 Å². The van der Waals surface area contributed by atoms with Crippen LogP contribution in [-0.4, -0.2) is 78.0 Å². The van der Waals surface area contributed by atoms with E-state index >= 15 is 0 Å². The third kappa shape index (κ3) is 6.00. The molecule has 1 aliphatic rings. The summed E-state index contributed by atoms with van der Waals surface area (Å²) < 4.78 is 16.3. The largest absolute Gasteiger partial charge is 0.507 e. The lowest BCUT2D eigenvalue weighted by Crippen LogP contribution is -2.51. The molecule has 0 radical (unpaired) electrons. The molecule has 3 rings (SSSR count). The number of aromatic hydroxyl groups is 1. The van der Waals surface area contributed by atoms with Gasteiger partial charge in [0.05, 0.1) is 39.9 Å². The Morgan fingerprint density at radius 3 is 2.23 bits per heavy atom. The predicted molar refractivity (Wildman–Crippen MR) is 140 cm³/mol. The lowest BCUT2D eigenvalue weighted by atomic mass is 9.71. The van der Waals surface area contributed by atoms with Crippen LogP contribution in [-0.2, 0) is 16.0 Å². The zero-order valence-electron chi connectivity index (χ0n) is 22.2. The lowest BCUT2D eigenvalue weighted by molar-refractivity contribution is -0.153. The van der Waals surface area contributed by atoms with Gasteiger partial charge in [-0.3, -0.25) is 14.4 Å². The van der Waals surface area contributed by atoms with Crippen LogP contribution in [0.15, 0.2) is 24.3 Å². The minimum atomic E-state index is -2.32. The number of carbonyl (C=O) groups excluding carboxylic acids is 3. The van der Waals surface area contributed by atoms with Gasteiger partial charge in [0.1, 0.15) is 11.4 Å². The number of rotatable bonds is 13. The molecule has 3 atom stereocenters. The van der Waals surface area contributed by atoms with E-state index in [9.17, 15) is 34.8 Å². The molecule has 2 aromatic rings. The summed E-state index contributed by atoms with van der Waals surface area (Å²) in [7, 11) is 4.45. The van der Waals surface area contributed by atoms with Crippen molar-refractivity contribution in [1.29, 1.82) is 0 Å². The van der Waals surface area contributed by atoms with E-state index in [0.717, 1.165) is 0 Å². The molecule has 0 aliphatic heterocycles. The molecular weight excluding hydrogens is 510 g/mol. The monoisotopic (exact) mass is 545 g/mol. The van der Waals surface area contributed by atoms with Gasteiger partial charge in [-0.15, -0.1) is 0 Å². The van der Waals surface area contributed by atoms with E-state index in [2.05, 4.69) is 0 Å². The van der Waals surface area contributed by atoms with Gasteiger partial charge in [0.15, 0.2) is 23.1 Å². The standard InChI is InChI=1S/C28H35NO10/c1-37-22-11-16(12-23(38-2)27(22)39-3)18-4-5-20(32)26-19(18)9-15(10-21(26)33)8-17(6-7-30)28(36,14-31)24(34)13-25(29)35/h4-5,11-12,15,17,30-32,36H,6-10,13-14H2,1-3H3,(H2,29,35)/t15-,17-,28-/m1/s1. The highest BCUT2D eigenvalue weighted by Crippen LogP contribution is 2.45. The molecule has 0 heterocycles. The number of phenols is 1. The summed E-state index contributed by atoms with van der Waals surface area (Å²) >= 11 is 0. The number of ether oxygens (including phenoxy) is 3. The fourth-order valence-electron chi connectivity index (χ4n) is 5.42. The Morgan fingerprint density at radius 1 is 1.08 bits per heavy atom. The third-order valence-electron chi connectivity index (χ3n) is 7.34. The number of aliphatic hydroxyl groups is 3. The summed E-state index contributed by atoms with van der Waals surface area (Å²) in [5.41, 5.74) is 4.83. The van der Waals surface area contributed by atoms with Gasteiger partial charge in [-0.1, -0.05) is 6.07 Å². The van der Waals surface area contributed by atoms with Gasteiger partial charge in [-0.25, -0.2) is 0 Å². The molecule has 39 heavy (non-hydrogen) atoms. The third-order valence-corrected chi connectivity index (χ3v) is 7.34. The maximum atomic E-state index is 13.3. The minimum Gasteiger partial charge on any atom is -0.507 e. The molecule has 0 saturated heterocycles. The number of primary amides is 1. The zero-order chi connectivity index (χ0) is 28.9. The molecule has 2 aromatic carbocycles. The summed E-state index contributed by atoms with van der Waals surface area (Å²) in [5.74, 6) is -2.58. The predicted octanol–water partition coefficient (Wildman–Crippen LogP) is 1.39. The number of amides is 1. The Bertz CT molecular complexity index is 1220. The Kier molecular flexibility index (Phi) is 9.54. The molecule has 0 saturated carbocycles. The van der Waals surface area contributed by atoms with E-state index in [0.29, 0.717) is 33.9 Å². The van der Waals surface area contributed by atoms with E-state index in [-0.39, 0.29) is 42.8 Å². The summed E-state index contributed by atoms with van der Waals surface area (Å²) in [6.07, 6.45) is -0.456. The molecule has 1 aliphatic carbocycles. The molecule has 212 valence electrons. The van der Waals surface area contributed by atoms with Crippen molar-refractivity contribution in [1.82, 2.24) is 0 Å². The van der Waals surface area contributed by atoms with Gasteiger partial charge in [-0.2, -0.15) is 0 Å². The quantitative estimate of drug-likeness (QED) is 0.230. The van der Waals surface area contributed by atoms with Crippen LogP contribution in [0.25, 0.3) is 11.1 Å². The Balaban J connectivity index is 2.05. The lowest BCUT2D eigenvalue weighted by Gasteiger charge is -2.36. The number of benzene rings is 2. The number of hydrogen-bond donors (Lipinski definition) is 5. The van der Waals surface area contributed by atoms with Crippen molar-refractivity contribution in [2.45, 2.75) is 37.7 Å².